The van der Waals surface area contributed by atoms with Gasteiger partial charge < -0.3 is 4.90 Å². The summed E-state index contributed by atoms with van der Waals surface area (Å²) in [6.45, 7) is 7.00. The number of halogens is 1. The first-order chi connectivity index (χ1) is 8.19. The van der Waals surface area contributed by atoms with Crippen LogP contribution in [0.4, 0.5) is 5.69 Å². The van der Waals surface area contributed by atoms with Crippen molar-refractivity contribution in [2.45, 2.75) is 39.5 Å². The number of rotatable bonds is 3. The topological polar surface area (TPSA) is 16.1 Å². The third-order valence-electron chi connectivity index (χ3n) is 4.38. The van der Waals surface area contributed by atoms with Gasteiger partial charge in [0.15, 0.2) is 0 Å². The lowest BCUT2D eigenvalue weighted by molar-refractivity contribution is 0.199. The van der Waals surface area contributed by atoms with Crippen LogP contribution < -0.4 is 4.90 Å². The van der Waals surface area contributed by atoms with Crippen LogP contribution in [-0.4, -0.2) is 18.1 Å². The molecule has 2 nitrogen and oxygen atoms in total. The summed E-state index contributed by atoms with van der Waals surface area (Å²) in [4.78, 5) is 6.71. The molecule has 94 valence electrons. The molecule has 0 radical (unpaired) electrons. The fourth-order valence-electron chi connectivity index (χ4n) is 2.77. The van der Waals surface area contributed by atoms with Gasteiger partial charge in [-0.3, -0.25) is 4.98 Å². The summed E-state index contributed by atoms with van der Waals surface area (Å²) in [5.41, 5.74) is 1.84. The molecule has 0 N–H and O–H groups in total. The summed E-state index contributed by atoms with van der Waals surface area (Å²) in [6, 6.07) is 2.16. The van der Waals surface area contributed by atoms with E-state index in [4.69, 9.17) is 0 Å². The van der Waals surface area contributed by atoms with Crippen molar-refractivity contribution < 1.29 is 0 Å². The molecule has 1 aliphatic heterocycles. The van der Waals surface area contributed by atoms with E-state index in [9.17, 15) is 0 Å². The Hall–Kier alpha value is -0.570. The number of hydrogen-bond acceptors (Lipinski definition) is 2. The molecule has 0 unspecified atom stereocenters. The smallest absolute Gasteiger partial charge is 0.0564 e. The summed E-state index contributed by atoms with van der Waals surface area (Å²) in [6.07, 6.45) is 9.06. The maximum Gasteiger partial charge on any atom is 0.0564 e. The molecule has 2 heterocycles. The molecule has 1 aromatic heterocycles. The summed E-state index contributed by atoms with van der Waals surface area (Å²) in [7, 11) is 0. The highest BCUT2D eigenvalue weighted by Gasteiger charge is 2.31. The molecule has 2 rings (SSSR count). The Kier molecular flexibility index (Phi) is 4.08. The van der Waals surface area contributed by atoms with Gasteiger partial charge in [0.2, 0.25) is 0 Å². The van der Waals surface area contributed by atoms with E-state index in [-0.39, 0.29) is 0 Å². The Morgan fingerprint density at radius 1 is 1.24 bits per heavy atom. The van der Waals surface area contributed by atoms with E-state index in [2.05, 4.69) is 45.7 Å². The van der Waals surface area contributed by atoms with Crippen LogP contribution >= 0.6 is 15.9 Å². The van der Waals surface area contributed by atoms with Gasteiger partial charge in [0.1, 0.15) is 0 Å². The van der Waals surface area contributed by atoms with Crippen LogP contribution in [0.25, 0.3) is 0 Å². The van der Waals surface area contributed by atoms with Gasteiger partial charge in [0.25, 0.3) is 0 Å². The van der Waals surface area contributed by atoms with Crippen LogP contribution in [-0.2, 0) is 0 Å². The van der Waals surface area contributed by atoms with E-state index < -0.39 is 0 Å². The van der Waals surface area contributed by atoms with Crippen LogP contribution in [0, 0.1) is 5.41 Å². The van der Waals surface area contributed by atoms with Crippen molar-refractivity contribution >= 4 is 21.6 Å². The maximum absolute atomic E-state index is 4.25. The monoisotopic (exact) mass is 296 g/mol. The first-order valence-electron chi connectivity index (χ1n) is 6.54. The molecular weight excluding hydrogens is 276 g/mol. The summed E-state index contributed by atoms with van der Waals surface area (Å²) >= 11 is 3.49. The predicted octanol–water partition coefficient (Wildman–Crippen LogP) is 4.25. The second-order valence-corrected chi connectivity index (χ2v) is 5.97. The van der Waals surface area contributed by atoms with Gasteiger partial charge in [-0.15, -0.1) is 0 Å². The quantitative estimate of drug-likeness (QED) is 0.829. The molecule has 3 heteroatoms. The second-order valence-electron chi connectivity index (χ2n) is 5.06. The standard InChI is InChI=1S/C14H21BrN2/c1-3-14(4-2)5-7-17(8-6-14)13-9-12(15)10-16-11-13/h9-11H,3-8H2,1-2H3. The van der Waals surface area contributed by atoms with E-state index in [0.717, 1.165) is 4.47 Å². The lowest BCUT2D eigenvalue weighted by Crippen LogP contribution is -2.39. The Bertz CT molecular complexity index is 364. The minimum absolute atomic E-state index is 0.593. The number of anilines is 1. The fourth-order valence-corrected chi connectivity index (χ4v) is 3.12. The fraction of sp³-hybridized carbons (Fsp3) is 0.643. The van der Waals surface area contributed by atoms with Gasteiger partial charge >= 0.3 is 0 Å². The lowest BCUT2D eigenvalue weighted by Gasteiger charge is -2.41. The molecule has 0 amide bonds. The molecule has 0 saturated carbocycles. The van der Waals surface area contributed by atoms with Gasteiger partial charge in [0.05, 0.1) is 11.9 Å². The zero-order valence-corrected chi connectivity index (χ0v) is 12.3. The second kappa shape index (κ2) is 5.38. The first kappa shape index (κ1) is 12.9. The van der Waals surface area contributed by atoms with E-state index >= 15 is 0 Å². The molecule has 0 spiro atoms. The molecule has 0 bridgehead atoms. The van der Waals surface area contributed by atoms with Crippen LogP contribution in [0.15, 0.2) is 22.9 Å². The first-order valence-corrected chi connectivity index (χ1v) is 7.34. The van der Waals surface area contributed by atoms with Crippen molar-refractivity contribution in [1.82, 2.24) is 4.98 Å². The molecule has 0 aliphatic carbocycles. The molecular formula is C14H21BrN2. The third kappa shape index (κ3) is 2.82. The highest BCUT2D eigenvalue weighted by atomic mass is 79.9. The van der Waals surface area contributed by atoms with Crippen molar-refractivity contribution in [1.29, 1.82) is 0 Å². The molecule has 1 aliphatic rings. The van der Waals surface area contributed by atoms with E-state index in [1.54, 1.807) is 0 Å². The number of piperidine rings is 1. The molecule has 1 aromatic rings. The minimum Gasteiger partial charge on any atom is -0.370 e. The van der Waals surface area contributed by atoms with Crippen molar-refractivity contribution in [2.75, 3.05) is 18.0 Å². The summed E-state index contributed by atoms with van der Waals surface area (Å²) < 4.78 is 1.07. The summed E-state index contributed by atoms with van der Waals surface area (Å²) in [5.74, 6) is 0. The van der Waals surface area contributed by atoms with E-state index in [1.165, 1.54) is 44.5 Å². The maximum atomic E-state index is 4.25. The van der Waals surface area contributed by atoms with Gasteiger partial charge in [-0.25, -0.2) is 0 Å². The average molecular weight is 297 g/mol. The number of aromatic nitrogens is 1. The molecule has 0 aromatic carbocycles. The van der Waals surface area contributed by atoms with Gasteiger partial charge in [0, 0.05) is 23.8 Å². The molecule has 17 heavy (non-hydrogen) atoms. The highest BCUT2D eigenvalue weighted by molar-refractivity contribution is 9.10. The van der Waals surface area contributed by atoms with Crippen molar-refractivity contribution in [3.63, 3.8) is 0 Å². The normalized spacial score (nSPS) is 19.4. The van der Waals surface area contributed by atoms with Crippen LogP contribution in [0.1, 0.15) is 39.5 Å². The number of nitrogens with zero attached hydrogens (tertiary/aromatic N) is 2. The Morgan fingerprint density at radius 2 is 1.88 bits per heavy atom. The molecule has 0 atom stereocenters. The van der Waals surface area contributed by atoms with Gasteiger partial charge in [-0.05, 0) is 40.3 Å². The van der Waals surface area contributed by atoms with Gasteiger partial charge in [-0.2, -0.15) is 0 Å². The minimum atomic E-state index is 0.593. The largest absolute Gasteiger partial charge is 0.370 e. The predicted molar refractivity (Wildman–Crippen MR) is 76.4 cm³/mol. The van der Waals surface area contributed by atoms with Crippen LogP contribution in [0.5, 0.6) is 0 Å². The lowest BCUT2D eigenvalue weighted by atomic mass is 9.74. The molecule has 1 saturated heterocycles. The van der Waals surface area contributed by atoms with Gasteiger partial charge in [-0.1, -0.05) is 26.7 Å². The van der Waals surface area contributed by atoms with Crippen molar-refractivity contribution in [2.24, 2.45) is 5.41 Å². The highest BCUT2D eigenvalue weighted by Crippen LogP contribution is 2.39. The number of hydrogen-bond donors (Lipinski definition) is 0. The average Bonchev–Trinajstić information content (AvgIpc) is 2.39. The zero-order chi connectivity index (χ0) is 12.3. The Labute approximate surface area is 113 Å². The van der Waals surface area contributed by atoms with E-state index in [1.807, 2.05) is 12.4 Å². The van der Waals surface area contributed by atoms with E-state index in [0.29, 0.717) is 5.41 Å². The third-order valence-corrected chi connectivity index (χ3v) is 4.81. The Morgan fingerprint density at radius 3 is 2.41 bits per heavy atom. The van der Waals surface area contributed by atoms with Crippen LogP contribution in [0.2, 0.25) is 0 Å². The molecule has 1 fully saturated rings. The SMILES string of the molecule is CCC1(CC)CCN(c2cncc(Br)c2)CC1. The van der Waals surface area contributed by atoms with Crippen LogP contribution in [0.3, 0.4) is 0 Å². The zero-order valence-electron chi connectivity index (χ0n) is 10.7. The Balaban J connectivity index is 2.04. The van der Waals surface area contributed by atoms with Crippen molar-refractivity contribution in [3.8, 4) is 0 Å². The van der Waals surface area contributed by atoms with Crippen molar-refractivity contribution in [3.05, 3.63) is 22.9 Å². The number of pyridine rings is 1. The summed E-state index contributed by atoms with van der Waals surface area (Å²) in [5, 5.41) is 0.